The van der Waals surface area contributed by atoms with Gasteiger partial charge in [0.05, 0.1) is 5.01 Å². The van der Waals surface area contributed by atoms with Gasteiger partial charge in [0, 0.05) is 50.6 Å². The van der Waals surface area contributed by atoms with Crippen molar-refractivity contribution in [2.24, 2.45) is 10.9 Å². The minimum Gasteiger partial charge on any atom is -0.356 e. The molecule has 0 spiro atoms. The van der Waals surface area contributed by atoms with Gasteiger partial charge in [0.1, 0.15) is 0 Å². The summed E-state index contributed by atoms with van der Waals surface area (Å²) in [5.74, 6) is 1.18. The molecule has 2 heterocycles. The lowest BCUT2D eigenvalue weighted by atomic mass is 10.1. The lowest BCUT2D eigenvalue weighted by Gasteiger charge is -2.21. The first kappa shape index (κ1) is 23.4. The molecule has 0 aliphatic carbocycles. The van der Waals surface area contributed by atoms with E-state index in [1.165, 1.54) is 0 Å². The Bertz CT molecular complexity index is 591. The molecule has 1 fully saturated rings. The van der Waals surface area contributed by atoms with Gasteiger partial charge in [-0.3, -0.25) is 9.89 Å². The number of nitrogens with zero attached hydrogens (tertiary/aromatic N) is 3. The lowest BCUT2D eigenvalue weighted by molar-refractivity contribution is -0.140. The smallest absolute Gasteiger partial charge is 0.356 e. The zero-order valence-corrected chi connectivity index (χ0v) is 18.6. The van der Waals surface area contributed by atoms with Crippen molar-refractivity contribution in [2.45, 2.75) is 45.5 Å². The number of aromatic nitrogens is 1. The Balaban J connectivity index is 0.00000338. The van der Waals surface area contributed by atoms with Crippen molar-refractivity contribution in [2.75, 3.05) is 26.7 Å². The second kappa shape index (κ2) is 10.1. The highest BCUT2D eigenvalue weighted by atomic mass is 127. The third kappa shape index (κ3) is 6.52. The molecule has 2 unspecified atom stereocenters. The van der Waals surface area contributed by atoms with E-state index in [4.69, 9.17) is 0 Å². The molecule has 5 nitrogen and oxygen atoms in total. The van der Waals surface area contributed by atoms with Crippen LogP contribution in [0.2, 0.25) is 0 Å². The Morgan fingerprint density at radius 2 is 2.12 bits per heavy atom. The first-order valence-electron chi connectivity index (χ1n) is 8.43. The Labute approximate surface area is 173 Å². The van der Waals surface area contributed by atoms with Crippen LogP contribution in [-0.4, -0.2) is 54.6 Å². The number of halogens is 4. The molecule has 10 heteroatoms. The average molecular weight is 505 g/mol. The molecule has 2 N–H and O–H groups in total. The minimum atomic E-state index is -4.37. The number of hydrogen-bond donors (Lipinski definition) is 2. The van der Waals surface area contributed by atoms with Gasteiger partial charge in [0.15, 0.2) is 11.7 Å². The molecule has 2 atom stereocenters. The van der Waals surface area contributed by atoms with E-state index in [9.17, 15) is 13.2 Å². The van der Waals surface area contributed by atoms with Crippen molar-refractivity contribution in [3.63, 3.8) is 0 Å². The molecule has 1 aromatic rings. The summed E-state index contributed by atoms with van der Waals surface area (Å²) in [5, 5.41) is 8.11. The topological polar surface area (TPSA) is 52.6 Å². The van der Waals surface area contributed by atoms with Gasteiger partial charge in [-0.25, -0.2) is 4.98 Å². The summed E-state index contributed by atoms with van der Waals surface area (Å²) in [6.07, 6.45) is -3.94. The van der Waals surface area contributed by atoms with Crippen LogP contribution < -0.4 is 10.6 Å². The van der Waals surface area contributed by atoms with Gasteiger partial charge < -0.3 is 10.6 Å². The molecule has 0 radical (unpaired) electrons. The molecule has 26 heavy (non-hydrogen) atoms. The first-order chi connectivity index (χ1) is 11.7. The molecule has 1 saturated heterocycles. The van der Waals surface area contributed by atoms with Crippen molar-refractivity contribution in [3.8, 4) is 0 Å². The zero-order chi connectivity index (χ0) is 18.6. The molecule has 0 amide bonds. The van der Waals surface area contributed by atoms with Crippen molar-refractivity contribution >= 4 is 41.3 Å². The van der Waals surface area contributed by atoms with Gasteiger partial charge >= 0.3 is 6.18 Å². The lowest BCUT2D eigenvalue weighted by Crippen LogP contribution is -2.47. The van der Waals surface area contributed by atoms with Gasteiger partial charge in [0.2, 0.25) is 0 Å². The van der Waals surface area contributed by atoms with Gasteiger partial charge in [-0.2, -0.15) is 13.2 Å². The summed E-state index contributed by atoms with van der Waals surface area (Å²) in [6.45, 7) is 9.07. The summed E-state index contributed by atoms with van der Waals surface area (Å²) in [7, 11) is 1.69. The number of alkyl halides is 3. The van der Waals surface area contributed by atoms with Gasteiger partial charge in [0.25, 0.3) is 0 Å². The Morgan fingerprint density at radius 1 is 1.42 bits per heavy atom. The molecule has 0 aromatic carbocycles. The molecule has 0 saturated carbocycles. The maximum atomic E-state index is 12.6. The molecule has 150 valence electrons. The molecule has 1 aliphatic rings. The van der Waals surface area contributed by atoms with Gasteiger partial charge in [-0.05, 0) is 19.8 Å². The third-order valence-electron chi connectivity index (χ3n) is 4.39. The van der Waals surface area contributed by atoms with Crippen molar-refractivity contribution < 1.29 is 13.2 Å². The Hall–Kier alpha value is -0.620. The molecular weight excluding hydrogens is 478 g/mol. The number of thiazole rings is 1. The predicted octanol–water partition coefficient (Wildman–Crippen LogP) is 3.22. The van der Waals surface area contributed by atoms with Crippen LogP contribution in [0, 0.1) is 5.92 Å². The minimum absolute atomic E-state index is 0. The van der Waals surface area contributed by atoms with E-state index >= 15 is 0 Å². The average Bonchev–Trinajstić information content (AvgIpc) is 3.13. The maximum Gasteiger partial charge on any atom is 0.434 e. The number of nitrogens with one attached hydrogen (secondary N) is 2. The quantitative estimate of drug-likeness (QED) is 0.367. The van der Waals surface area contributed by atoms with E-state index in [2.05, 4.69) is 46.3 Å². The molecule has 1 aliphatic heterocycles. The monoisotopic (exact) mass is 505 g/mol. The molecule has 0 bridgehead atoms. The van der Waals surface area contributed by atoms with Crippen LogP contribution in [-0.2, 0) is 12.6 Å². The van der Waals surface area contributed by atoms with E-state index in [-0.39, 0.29) is 24.0 Å². The third-order valence-corrected chi connectivity index (χ3v) is 5.30. The highest BCUT2D eigenvalue weighted by Crippen LogP contribution is 2.30. The van der Waals surface area contributed by atoms with E-state index in [1.807, 2.05) is 0 Å². The largest absolute Gasteiger partial charge is 0.434 e. The summed E-state index contributed by atoms with van der Waals surface area (Å²) in [5.41, 5.74) is -0.816. The van der Waals surface area contributed by atoms with Crippen molar-refractivity contribution in [1.82, 2.24) is 20.5 Å². The van der Waals surface area contributed by atoms with Crippen molar-refractivity contribution in [3.05, 3.63) is 16.1 Å². The van der Waals surface area contributed by atoms with E-state index < -0.39 is 11.9 Å². The summed E-state index contributed by atoms with van der Waals surface area (Å²) in [6, 6.07) is 0.822. The molecular formula is C16H27F3IN5S. The van der Waals surface area contributed by atoms with E-state index in [0.717, 1.165) is 29.8 Å². The van der Waals surface area contributed by atoms with Crippen LogP contribution in [0.5, 0.6) is 0 Å². The Kier molecular flexibility index (Phi) is 9.07. The first-order valence-corrected chi connectivity index (χ1v) is 9.31. The second-order valence-corrected chi connectivity index (χ2v) is 7.59. The highest BCUT2D eigenvalue weighted by molar-refractivity contribution is 14.0. The van der Waals surface area contributed by atoms with Crippen LogP contribution in [0.4, 0.5) is 13.2 Å². The summed E-state index contributed by atoms with van der Waals surface area (Å²) in [4.78, 5) is 10.3. The second-order valence-electron chi connectivity index (χ2n) is 6.65. The molecule has 1 aromatic heterocycles. The highest BCUT2D eigenvalue weighted by Gasteiger charge is 2.33. The van der Waals surface area contributed by atoms with Crippen LogP contribution in [0.25, 0.3) is 0 Å². The maximum absolute atomic E-state index is 12.6. The standard InChI is InChI=1S/C16H26F3N5S.HI/c1-10(2)24-7-11(3)12(8-24)22-15(20-4)21-6-5-14-23-13(9-25-14)16(17,18)19;/h9-12H,5-8H2,1-4H3,(H2,20,21,22);1H. The van der Waals surface area contributed by atoms with Gasteiger partial charge in [-0.1, -0.05) is 6.92 Å². The number of hydrogen-bond acceptors (Lipinski definition) is 4. The van der Waals surface area contributed by atoms with E-state index in [0.29, 0.717) is 41.9 Å². The van der Waals surface area contributed by atoms with E-state index in [1.54, 1.807) is 7.05 Å². The zero-order valence-electron chi connectivity index (χ0n) is 15.4. The van der Waals surface area contributed by atoms with Crippen molar-refractivity contribution in [1.29, 1.82) is 0 Å². The Morgan fingerprint density at radius 3 is 2.62 bits per heavy atom. The van der Waals surface area contributed by atoms with Gasteiger partial charge in [-0.15, -0.1) is 35.3 Å². The van der Waals surface area contributed by atoms with Crippen LogP contribution in [0.1, 0.15) is 31.5 Å². The van der Waals surface area contributed by atoms with Crippen LogP contribution in [0.3, 0.4) is 0 Å². The summed E-state index contributed by atoms with van der Waals surface area (Å²) < 4.78 is 37.7. The predicted molar refractivity (Wildman–Crippen MR) is 110 cm³/mol. The number of rotatable bonds is 5. The number of guanidine groups is 1. The number of aliphatic imine (C=N–C) groups is 1. The SMILES string of the molecule is CN=C(NCCc1nc(C(F)(F)F)cs1)NC1CN(C(C)C)CC1C.I. The molecule has 2 rings (SSSR count). The van der Waals surface area contributed by atoms with Crippen LogP contribution >= 0.6 is 35.3 Å². The summed E-state index contributed by atoms with van der Waals surface area (Å²) >= 11 is 1.03. The fourth-order valence-corrected chi connectivity index (χ4v) is 3.63. The fraction of sp³-hybridized carbons (Fsp3) is 0.750. The van der Waals surface area contributed by atoms with Crippen LogP contribution in [0.15, 0.2) is 10.4 Å². The number of likely N-dealkylation sites (tertiary alicyclic amines) is 1. The fourth-order valence-electron chi connectivity index (χ4n) is 2.83. The normalized spacial score (nSPS) is 21.8.